The molecule has 3 rings (SSSR count). The van der Waals surface area contributed by atoms with Crippen LogP contribution in [0.4, 0.5) is 0 Å². The zero-order valence-electron chi connectivity index (χ0n) is 18.2. The lowest BCUT2D eigenvalue weighted by atomic mass is 9.69. The van der Waals surface area contributed by atoms with Crippen LogP contribution in [0.2, 0.25) is 10.0 Å². The number of rotatable bonds is 7. The van der Waals surface area contributed by atoms with Gasteiger partial charge in [-0.15, -0.1) is 0 Å². The fourth-order valence-electron chi connectivity index (χ4n) is 4.92. The first-order valence-electron chi connectivity index (χ1n) is 10.7. The van der Waals surface area contributed by atoms with Gasteiger partial charge in [0.25, 0.3) is 0 Å². The third kappa shape index (κ3) is 4.69. The molecule has 1 saturated heterocycles. The van der Waals surface area contributed by atoms with E-state index >= 15 is 0 Å². The Morgan fingerprint density at radius 2 is 1.73 bits per heavy atom. The summed E-state index contributed by atoms with van der Waals surface area (Å²) in [6.45, 7) is 6.49. The molecular weight excluding hydrogens is 433 g/mol. The number of hydrogen-bond donors (Lipinski definition) is 0. The summed E-state index contributed by atoms with van der Waals surface area (Å²) in [7, 11) is 0. The number of halogens is 2. The van der Waals surface area contributed by atoms with Gasteiger partial charge in [-0.05, 0) is 67.8 Å². The van der Waals surface area contributed by atoms with E-state index < -0.39 is 5.41 Å². The summed E-state index contributed by atoms with van der Waals surface area (Å²) in [5.41, 5.74) is 1.92. The molecule has 30 heavy (non-hydrogen) atoms. The number of nitrogens with zero attached hydrogens (tertiary/aromatic N) is 1. The monoisotopic (exact) mass is 463 g/mol. The van der Waals surface area contributed by atoms with Gasteiger partial charge in [-0.2, -0.15) is 11.8 Å². The Bertz CT molecular complexity index is 868. The number of benzene rings is 2. The van der Waals surface area contributed by atoms with E-state index in [0.717, 1.165) is 35.6 Å². The van der Waals surface area contributed by atoms with Gasteiger partial charge >= 0.3 is 0 Å². The van der Waals surface area contributed by atoms with Gasteiger partial charge in [-0.3, -0.25) is 4.79 Å². The van der Waals surface area contributed by atoms with E-state index in [9.17, 15) is 4.79 Å². The lowest BCUT2D eigenvalue weighted by Gasteiger charge is -2.52. The lowest BCUT2D eigenvalue weighted by Crippen LogP contribution is -2.56. The van der Waals surface area contributed by atoms with Crippen molar-refractivity contribution < 1.29 is 4.79 Å². The molecule has 1 aliphatic heterocycles. The average Bonchev–Trinajstić information content (AvgIpc) is 2.73. The van der Waals surface area contributed by atoms with Gasteiger partial charge in [0.15, 0.2) is 0 Å². The SMILES string of the molecule is CCC(CC)N1C(=O)[C@@](C)(CSC)C[C@H](c2cccc(Cl)c2)[C@H]1c1ccc(Cl)cc1. The van der Waals surface area contributed by atoms with Crippen molar-refractivity contribution in [3.8, 4) is 0 Å². The molecule has 0 unspecified atom stereocenters. The minimum absolute atomic E-state index is 0.0342. The third-order valence-electron chi connectivity index (χ3n) is 6.39. The predicted octanol–water partition coefficient (Wildman–Crippen LogP) is 7.61. The second-order valence-electron chi connectivity index (χ2n) is 8.54. The van der Waals surface area contributed by atoms with Crippen molar-refractivity contribution in [2.24, 2.45) is 5.41 Å². The van der Waals surface area contributed by atoms with Crippen molar-refractivity contribution in [2.75, 3.05) is 12.0 Å². The van der Waals surface area contributed by atoms with Crippen molar-refractivity contribution >= 4 is 40.9 Å². The molecule has 1 aliphatic rings. The highest BCUT2D eigenvalue weighted by molar-refractivity contribution is 7.98. The maximum absolute atomic E-state index is 14.0. The maximum atomic E-state index is 14.0. The number of thioether (sulfide) groups is 1. The van der Waals surface area contributed by atoms with Crippen LogP contribution >= 0.6 is 35.0 Å². The topological polar surface area (TPSA) is 20.3 Å². The summed E-state index contributed by atoms with van der Waals surface area (Å²) in [5, 5.41) is 1.45. The highest BCUT2D eigenvalue weighted by atomic mass is 35.5. The molecule has 0 spiro atoms. The van der Waals surface area contributed by atoms with Crippen molar-refractivity contribution in [3.63, 3.8) is 0 Å². The molecule has 0 saturated carbocycles. The molecule has 0 aromatic heterocycles. The molecule has 0 bridgehead atoms. The van der Waals surface area contributed by atoms with Crippen LogP contribution in [-0.4, -0.2) is 28.9 Å². The summed E-state index contributed by atoms with van der Waals surface area (Å²) in [5.74, 6) is 1.25. The Morgan fingerprint density at radius 3 is 2.30 bits per heavy atom. The minimum Gasteiger partial charge on any atom is -0.332 e. The molecule has 0 radical (unpaired) electrons. The highest BCUT2D eigenvalue weighted by Crippen LogP contribution is 2.52. The van der Waals surface area contributed by atoms with E-state index in [2.05, 4.69) is 56.2 Å². The molecule has 2 aromatic carbocycles. The highest BCUT2D eigenvalue weighted by Gasteiger charge is 2.50. The Balaban J connectivity index is 2.20. The van der Waals surface area contributed by atoms with Gasteiger partial charge in [-0.25, -0.2) is 0 Å². The van der Waals surface area contributed by atoms with Crippen LogP contribution in [0.5, 0.6) is 0 Å². The molecule has 0 aliphatic carbocycles. The molecule has 2 nitrogen and oxygen atoms in total. The smallest absolute Gasteiger partial charge is 0.230 e. The third-order valence-corrected chi connectivity index (χ3v) is 7.80. The van der Waals surface area contributed by atoms with Gasteiger partial charge < -0.3 is 4.90 Å². The number of hydrogen-bond acceptors (Lipinski definition) is 2. The van der Waals surface area contributed by atoms with Gasteiger partial charge in [0.05, 0.1) is 11.5 Å². The fraction of sp³-hybridized carbons (Fsp3) is 0.480. The summed E-state index contributed by atoms with van der Waals surface area (Å²) in [6, 6.07) is 16.3. The largest absolute Gasteiger partial charge is 0.332 e. The summed E-state index contributed by atoms with van der Waals surface area (Å²) >= 11 is 14.3. The Morgan fingerprint density at radius 1 is 1.07 bits per heavy atom. The van der Waals surface area contributed by atoms with E-state index in [1.54, 1.807) is 11.8 Å². The molecule has 5 heteroatoms. The fourth-order valence-corrected chi connectivity index (χ4v) is 6.12. The average molecular weight is 465 g/mol. The Kier molecular flexibility index (Phi) is 7.81. The van der Waals surface area contributed by atoms with Gasteiger partial charge in [-0.1, -0.05) is 61.3 Å². The molecule has 162 valence electrons. The van der Waals surface area contributed by atoms with Gasteiger partial charge in [0.1, 0.15) is 0 Å². The molecule has 0 N–H and O–H groups in total. The Labute approximate surface area is 195 Å². The van der Waals surface area contributed by atoms with Crippen LogP contribution < -0.4 is 0 Å². The van der Waals surface area contributed by atoms with Crippen LogP contribution in [0, 0.1) is 5.41 Å². The predicted molar refractivity (Wildman–Crippen MR) is 131 cm³/mol. The molecule has 3 atom stereocenters. The Hall–Kier alpha value is -1.16. The quantitative estimate of drug-likeness (QED) is 0.420. The van der Waals surface area contributed by atoms with E-state index in [1.165, 1.54) is 5.56 Å². The first-order valence-corrected chi connectivity index (χ1v) is 12.8. The summed E-state index contributed by atoms with van der Waals surface area (Å²) in [6.07, 6.45) is 4.75. The molecule has 1 heterocycles. The van der Waals surface area contributed by atoms with Crippen LogP contribution in [-0.2, 0) is 4.79 Å². The van der Waals surface area contributed by atoms with Crippen molar-refractivity contribution in [3.05, 3.63) is 69.7 Å². The number of amides is 1. The molecule has 2 aromatic rings. The first-order chi connectivity index (χ1) is 14.3. The van der Waals surface area contributed by atoms with Crippen molar-refractivity contribution in [2.45, 2.75) is 58.0 Å². The molecule has 1 amide bonds. The molecular formula is C25H31Cl2NOS. The van der Waals surface area contributed by atoms with E-state index in [-0.39, 0.29) is 23.9 Å². The number of carbonyl (C=O) groups excluding carboxylic acids is 1. The van der Waals surface area contributed by atoms with E-state index in [4.69, 9.17) is 23.2 Å². The first kappa shape index (κ1) is 23.5. The normalized spacial score (nSPS) is 24.5. The van der Waals surface area contributed by atoms with Crippen molar-refractivity contribution in [1.29, 1.82) is 0 Å². The summed E-state index contributed by atoms with van der Waals surface area (Å²) in [4.78, 5) is 16.1. The van der Waals surface area contributed by atoms with Crippen LogP contribution in [0.1, 0.15) is 63.1 Å². The number of likely N-dealkylation sites (tertiary alicyclic amines) is 1. The van der Waals surface area contributed by atoms with Crippen LogP contribution in [0.3, 0.4) is 0 Å². The summed E-state index contributed by atoms with van der Waals surface area (Å²) < 4.78 is 0. The molecule has 1 fully saturated rings. The van der Waals surface area contributed by atoms with Gasteiger partial charge in [0.2, 0.25) is 5.91 Å². The number of carbonyl (C=O) groups is 1. The zero-order valence-corrected chi connectivity index (χ0v) is 20.5. The zero-order chi connectivity index (χ0) is 21.9. The van der Waals surface area contributed by atoms with Gasteiger partial charge in [0, 0.05) is 27.8 Å². The van der Waals surface area contributed by atoms with Crippen molar-refractivity contribution in [1.82, 2.24) is 4.90 Å². The number of piperidine rings is 1. The minimum atomic E-state index is -0.405. The maximum Gasteiger partial charge on any atom is 0.230 e. The second kappa shape index (κ2) is 9.97. The van der Waals surface area contributed by atoms with Crippen LogP contribution in [0.15, 0.2) is 48.5 Å². The second-order valence-corrected chi connectivity index (χ2v) is 10.3. The van der Waals surface area contributed by atoms with E-state index in [0.29, 0.717) is 5.02 Å². The standard InChI is InChI=1S/C25H31Cl2NOS/c1-5-21(6-2)28-23(17-10-12-19(26)13-11-17)22(18-8-7-9-20(27)14-18)15-25(3,16-30-4)24(28)29/h7-14,21-23H,5-6,15-16H2,1-4H3/t22-,23-,25-/m1/s1. The van der Waals surface area contributed by atoms with Crippen LogP contribution in [0.25, 0.3) is 0 Å². The lowest BCUT2D eigenvalue weighted by molar-refractivity contribution is -0.153. The van der Waals surface area contributed by atoms with E-state index in [1.807, 2.05) is 24.3 Å².